The van der Waals surface area contributed by atoms with Crippen molar-refractivity contribution in [2.75, 3.05) is 49.3 Å². The summed E-state index contributed by atoms with van der Waals surface area (Å²) in [6.07, 6.45) is 14.4. The van der Waals surface area contributed by atoms with Gasteiger partial charge in [0.25, 0.3) is 6.61 Å². The van der Waals surface area contributed by atoms with Gasteiger partial charge in [0.15, 0.2) is 28.8 Å². The molecule has 0 radical (unpaired) electrons. The number of ether oxygens (including phenoxy) is 6. The molecule has 0 aliphatic heterocycles. The van der Waals surface area contributed by atoms with Crippen molar-refractivity contribution >= 4 is 35.9 Å². The van der Waals surface area contributed by atoms with E-state index in [9.17, 15) is 4.79 Å². The lowest BCUT2D eigenvalue weighted by Crippen LogP contribution is -2.68. The van der Waals surface area contributed by atoms with E-state index in [1.165, 1.54) is 12.2 Å². The Kier molecular flexibility index (Phi) is 24.9. The van der Waals surface area contributed by atoms with E-state index >= 15 is 0 Å². The number of rotatable bonds is 15. The predicted molar refractivity (Wildman–Crippen MR) is 225 cm³/mol. The Morgan fingerprint density at radius 2 is 0.797 bits per heavy atom. The molecule has 0 saturated carbocycles. The molecule has 320 valence electrons. The molecule has 0 atom stereocenters. The van der Waals surface area contributed by atoms with Crippen molar-refractivity contribution in [3.63, 3.8) is 0 Å². The van der Waals surface area contributed by atoms with Crippen LogP contribution in [0.25, 0.3) is 24.3 Å². The number of ketones is 2. The molecule has 4 aromatic rings. The lowest BCUT2D eigenvalue weighted by molar-refractivity contribution is -2.00. The number of aryl methyl sites for hydroxylation is 2. The second-order valence-electron chi connectivity index (χ2n) is 11.6. The van der Waals surface area contributed by atoms with Crippen LogP contribution >= 0.6 is 0 Å². The van der Waals surface area contributed by atoms with Crippen LogP contribution in [0.15, 0.2) is 97.1 Å². The number of methoxy groups -OCH3 is 6. The second-order valence-corrected chi connectivity index (χ2v) is 12.4. The molecule has 0 fully saturated rings. The zero-order valence-electron chi connectivity index (χ0n) is 33.5. The first kappa shape index (κ1) is 53.1. The Morgan fingerprint density at radius 1 is 0.508 bits per heavy atom. The Bertz CT molecular complexity index is 2040. The van der Waals surface area contributed by atoms with Crippen LogP contribution in [-0.2, 0) is 9.22 Å². The fourth-order valence-corrected chi connectivity index (χ4v) is 4.88. The molecular weight excluding hydrogens is 780 g/mol. The summed E-state index contributed by atoms with van der Waals surface area (Å²) < 4.78 is 71.4. The SMILES string of the molecule is C.C.CC[O+]=C(C=Cc1ccc(C)c(OC)c1)C=Cc1ccc(OC)c(OC)c1.COc1cc(C=CC(=O)C=Cc2ccc(OC)c(OC)c2)ccc1C.[O-][Cl+3]([O-])([O-])[O-]. The number of benzene rings is 4. The van der Waals surface area contributed by atoms with Crippen molar-refractivity contribution < 1.29 is 66.5 Å². The van der Waals surface area contributed by atoms with Crippen LogP contribution in [0, 0.1) is 24.1 Å². The van der Waals surface area contributed by atoms with Gasteiger partial charge in [0.05, 0.1) is 42.7 Å². The average molecular weight is 837 g/mol. The van der Waals surface area contributed by atoms with Gasteiger partial charge in [-0.05, 0) is 108 Å². The molecule has 13 heteroatoms. The van der Waals surface area contributed by atoms with Crippen molar-refractivity contribution in [2.24, 2.45) is 0 Å². The summed E-state index contributed by atoms with van der Waals surface area (Å²) in [5.74, 6) is 5.02. The van der Waals surface area contributed by atoms with Gasteiger partial charge < -0.3 is 28.4 Å². The van der Waals surface area contributed by atoms with Crippen molar-refractivity contribution in [3.8, 4) is 34.5 Å². The molecular formula is C46H57ClO12. The van der Waals surface area contributed by atoms with E-state index < -0.39 is 10.2 Å². The van der Waals surface area contributed by atoms with E-state index in [-0.39, 0.29) is 20.6 Å². The number of halogens is 1. The molecule has 0 saturated heterocycles. The molecule has 0 aromatic heterocycles. The molecule has 0 bridgehead atoms. The third kappa shape index (κ3) is 19.9. The van der Waals surface area contributed by atoms with Gasteiger partial charge in [-0.15, -0.1) is 10.2 Å². The Hall–Kier alpha value is -5.89. The number of hydrogen-bond donors (Lipinski definition) is 0. The first-order chi connectivity index (χ1) is 27.2. The highest BCUT2D eigenvalue weighted by Crippen LogP contribution is 2.29. The molecule has 4 rings (SSSR count). The summed E-state index contributed by atoms with van der Waals surface area (Å²) in [5, 5.41) is 0. The molecule has 0 aliphatic rings. The first-order valence-corrected chi connectivity index (χ1v) is 18.5. The Balaban J connectivity index is 0.000000994. The summed E-state index contributed by atoms with van der Waals surface area (Å²) >= 11 is 0. The molecule has 0 aliphatic carbocycles. The number of carbonyl (C=O) groups is 1. The van der Waals surface area contributed by atoms with Crippen molar-refractivity contribution in [1.82, 2.24) is 0 Å². The van der Waals surface area contributed by atoms with Gasteiger partial charge in [0.1, 0.15) is 11.5 Å². The second kappa shape index (κ2) is 27.7. The topological polar surface area (TPSA) is 176 Å². The predicted octanol–water partition coefficient (Wildman–Crippen LogP) is 5.70. The fourth-order valence-electron chi connectivity index (χ4n) is 4.88. The minimum absolute atomic E-state index is 0. The van der Waals surface area contributed by atoms with Gasteiger partial charge in [0.2, 0.25) is 0 Å². The quantitative estimate of drug-likeness (QED) is 0.106. The van der Waals surface area contributed by atoms with Crippen LogP contribution in [0.4, 0.5) is 0 Å². The average Bonchev–Trinajstić information content (AvgIpc) is 3.20. The van der Waals surface area contributed by atoms with Crippen LogP contribution < -0.4 is 47.1 Å². The zero-order chi connectivity index (χ0) is 42.4. The maximum Gasteiger partial charge on any atom is 0.343 e. The van der Waals surface area contributed by atoms with Crippen molar-refractivity contribution in [2.45, 2.75) is 35.6 Å². The minimum Gasteiger partial charge on any atom is -0.496 e. The maximum absolute atomic E-state index is 12.0. The minimum atomic E-state index is -4.94. The number of carbonyl (C=O) groups excluding carboxylic acids is 2. The largest absolute Gasteiger partial charge is 0.496 e. The van der Waals surface area contributed by atoms with Gasteiger partial charge in [0, 0.05) is 19.1 Å². The third-order valence-electron chi connectivity index (χ3n) is 7.75. The van der Waals surface area contributed by atoms with Crippen molar-refractivity contribution in [1.29, 1.82) is 0 Å². The van der Waals surface area contributed by atoms with Crippen LogP contribution in [0.5, 0.6) is 34.5 Å². The van der Waals surface area contributed by atoms with E-state index in [0.29, 0.717) is 29.6 Å². The Labute approximate surface area is 351 Å². The van der Waals surface area contributed by atoms with Crippen LogP contribution in [0.1, 0.15) is 55.2 Å². The molecule has 4 aromatic carbocycles. The van der Waals surface area contributed by atoms with Crippen LogP contribution in [0.3, 0.4) is 0 Å². The first-order valence-electron chi connectivity index (χ1n) is 17.3. The number of allylic oxidation sites excluding steroid dienone is 4. The monoisotopic (exact) mass is 836 g/mol. The van der Waals surface area contributed by atoms with Gasteiger partial charge >= 0.3 is 5.78 Å². The molecule has 0 amide bonds. The molecule has 0 unspecified atom stereocenters. The lowest BCUT2D eigenvalue weighted by Gasteiger charge is -2.17. The number of hydrogen-bond acceptors (Lipinski definition) is 11. The summed E-state index contributed by atoms with van der Waals surface area (Å²) in [4.78, 5) is 12.0. The highest BCUT2D eigenvalue weighted by atomic mass is 35.7. The summed E-state index contributed by atoms with van der Waals surface area (Å²) in [6.45, 7) is 6.56. The molecule has 59 heavy (non-hydrogen) atoms. The standard InChI is InChI=1S/C23H27O4.C21H22O4.2CH4.ClHO4/c1-6-27-20(12-9-18-8-7-17(2)22(15-18)25-4)13-10-19-11-14-21(24-3)23(16-19)26-5;1-15-5-6-16(13-20(15)24-3)7-10-18(22)11-8-17-9-12-19(23-2)21(14-17)25-4;;;2-1(3,4)5/h7-16H,6H2,1-5H3;5-14H,1-4H3;2*1H4;(H,2,3,4,5)/q+1;;;;/p-1. The summed E-state index contributed by atoms with van der Waals surface area (Å²) in [5.41, 5.74) is 5.98. The van der Waals surface area contributed by atoms with E-state index in [2.05, 4.69) is 6.07 Å². The van der Waals surface area contributed by atoms with Gasteiger partial charge in [-0.25, -0.2) is 18.6 Å². The molecule has 0 spiro atoms. The zero-order valence-corrected chi connectivity index (χ0v) is 34.3. The third-order valence-corrected chi connectivity index (χ3v) is 7.75. The molecule has 0 N–H and O–H groups in total. The van der Waals surface area contributed by atoms with E-state index in [0.717, 1.165) is 50.7 Å². The Morgan fingerprint density at radius 3 is 1.10 bits per heavy atom. The maximum atomic E-state index is 12.0. The smallest absolute Gasteiger partial charge is 0.343 e. The molecule has 12 nitrogen and oxygen atoms in total. The fraction of sp³-hybridized carbons (Fsp3) is 0.261. The highest BCUT2D eigenvalue weighted by Gasteiger charge is 2.07. The van der Waals surface area contributed by atoms with Gasteiger partial charge in [-0.2, -0.15) is 0 Å². The van der Waals surface area contributed by atoms with Crippen molar-refractivity contribution in [3.05, 3.63) is 130 Å². The van der Waals surface area contributed by atoms with E-state index in [4.69, 9.17) is 51.5 Å². The molecule has 0 heterocycles. The highest BCUT2D eigenvalue weighted by molar-refractivity contribution is 6.05. The van der Waals surface area contributed by atoms with Crippen LogP contribution in [-0.4, -0.2) is 60.8 Å². The van der Waals surface area contributed by atoms with Crippen LogP contribution in [0.2, 0.25) is 0 Å². The van der Waals surface area contributed by atoms with Gasteiger partial charge in [-0.1, -0.05) is 63.4 Å². The summed E-state index contributed by atoms with van der Waals surface area (Å²) in [6, 6.07) is 23.2. The normalized spacial score (nSPS) is 11.2. The van der Waals surface area contributed by atoms with E-state index in [1.54, 1.807) is 60.9 Å². The van der Waals surface area contributed by atoms with E-state index in [1.807, 2.05) is 106 Å². The summed E-state index contributed by atoms with van der Waals surface area (Å²) in [7, 11) is 4.78. The van der Waals surface area contributed by atoms with Gasteiger partial charge in [-0.3, -0.25) is 9.22 Å². The lowest BCUT2D eigenvalue weighted by atomic mass is 10.1.